The average Bonchev–Trinajstić information content (AvgIpc) is 2.30. The summed E-state index contributed by atoms with van der Waals surface area (Å²) in [5, 5.41) is 0. The fourth-order valence-electron chi connectivity index (χ4n) is 1.53. The first-order valence-corrected chi connectivity index (χ1v) is 6.56. The second-order valence-electron chi connectivity index (χ2n) is 4.23. The van der Waals surface area contributed by atoms with Gasteiger partial charge in [-0.05, 0) is 46.5 Å². The van der Waals surface area contributed by atoms with Crippen LogP contribution in [-0.4, -0.2) is 12.6 Å². The molecule has 1 aromatic carbocycles. The molecule has 17 heavy (non-hydrogen) atoms. The molecule has 0 aliphatic heterocycles. The first-order chi connectivity index (χ1) is 8.04. The summed E-state index contributed by atoms with van der Waals surface area (Å²) >= 11 is 3.29. The quantitative estimate of drug-likeness (QED) is 0.667. The summed E-state index contributed by atoms with van der Waals surface area (Å²) in [5.41, 5.74) is 6.79. The lowest BCUT2D eigenvalue weighted by atomic mass is 10.1. The molecule has 1 atom stereocenters. The van der Waals surface area contributed by atoms with E-state index in [1.165, 1.54) is 0 Å². The molecule has 0 fully saturated rings. The Hall–Kier alpha value is -1.03. The number of carbonyl (C=O) groups excluding carboxylic acids is 1. The maximum atomic E-state index is 11.7. The largest absolute Gasteiger partial charge is 0.462 e. The maximum Gasteiger partial charge on any atom is 0.338 e. The Balaban J connectivity index is 2.55. The van der Waals surface area contributed by atoms with Gasteiger partial charge in [-0.25, -0.2) is 4.79 Å². The van der Waals surface area contributed by atoms with Crippen LogP contribution >= 0.6 is 15.9 Å². The van der Waals surface area contributed by atoms with Crippen molar-refractivity contribution in [3.63, 3.8) is 0 Å². The van der Waals surface area contributed by atoms with Crippen molar-refractivity contribution < 1.29 is 9.53 Å². The van der Waals surface area contributed by atoms with Crippen LogP contribution in [0.15, 0.2) is 22.7 Å². The van der Waals surface area contributed by atoms with Crippen LogP contribution in [0.4, 0.5) is 5.69 Å². The number of esters is 1. The third-order valence-electron chi connectivity index (χ3n) is 2.52. The number of anilines is 1. The molecular weight excluding hydrogens is 282 g/mol. The molecule has 4 heteroatoms. The van der Waals surface area contributed by atoms with E-state index in [2.05, 4.69) is 29.8 Å². The molecular formula is C13H18BrNO2. The topological polar surface area (TPSA) is 52.3 Å². The number of hydrogen-bond acceptors (Lipinski definition) is 3. The summed E-state index contributed by atoms with van der Waals surface area (Å²) in [4.78, 5) is 11.7. The highest BCUT2D eigenvalue weighted by atomic mass is 79.9. The molecule has 1 aromatic rings. The zero-order valence-corrected chi connectivity index (χ0v) is 11.8. The second-order valence-corrected chi connectivity index (χ2v) is 5.08. The first-order valence-electron chi connectivity index (χ1n) is 5.76. The Morgan fingerprint density at radius 3 is 2.82 bits per heavy atom. The highest BCUT2D eigenvalue weighted by Crippen LogP contribution is 2.21. The molecule has 0 aromatic heterocycles. The predicted octanol–water partition coefficient (Wildman–Crippen LogP) is 3.62. The molecule has 0 saturated carbocycles. The van der Waals surface area contributed by atoms with Crippen LogP contribution in [0.25, 0.3) is 0 Å². The van der Waals surface area contributed by atoms with E-state index in [1.807, 2.05) is 0 Å². The fourth-order valence-corrected chi connectivity index (χ4v) is 1.91. The Morgan fingerprint density at radius 2 is 2.24 bits per heavy atom. The summed E-state index contributed by atoms with van der Waals surface area (Å²) in [6.45, 7) is 4.67. The van der Waals surface area contributed by atoms with E-state index in [0.29, 0.717) is 28.2 Å². The van der Waals surface area contributed by atoms with E-state index in [4.69, 9.17) is 10.5 Å². The van der Waals surface area contributed by atoms with Crippen LogP contribution in [0.5, 0.6) is 0 Å². The zero-order chi connectivity index (χ0) is 12.8. The van der Waals surface area contributed by atoms with Crippen LogP contribution in [0, 0.1) is 5.92 Å². The van der Waals surface area contributed by atoms with Gasteiger partial charge in [-0.3, -0.25) is 0 Å². The lowest BCUT2D eigenvalue weighted by Crippen LogP contribution is -2.12. The molecule has 0 amide bonds. The Kier molecular flexibility index (Phi) is 5.48. The van der Waals surface area contributed by atoms with Gasteiger partial charge in [0.2, 0.25) is 0 Å². The van der Waals surface area contributed by atoms with Gasteiger partial charge in [0.25, 0.3) is 0 Å². The van der Waals surface area contributed by atoms with Crippen LogP contribution in [-0.2, 0) is 4.74 Å². The first kappa shape index (κ1) is 14.0. The highest BCUT2D eigenvalue weighted by Gasteiger charge is 2.10. The number of hydrogen-bond donors (Lipinski definition) is 1. The second kappa shape index (κ2) is 6.64. The van der Waals surface area contributed by atoms with Gasteiger partial charge in [0.05, 0.1) is 12.2 Å². The van der Waals surface area contributed by atoms with E-state index in [9.17, 15) is 4.79 Å². The van der Waals surface area contributed by atoms with E-state index in [0.717, 1.165) is 12.8 Å². The molecule has 0 spiro atoms. The molecule has 0 aliphatic carbocycles. The molecule has 0 bridgehead atoms. The van der Waals surface area contributed by atoms with Crippen molar-refractivity contribution in [2.45, 2.75) is 26.7 Å². The summed E-state index contributed by atoms with van der Waals surface area (Å²) in [5.74, 6) is 0.106. The van der Waals surface area contributed by atoms with Crippen molar-refractivity contribution in [3.05, 3.63) is 28.2 Å². The molecule has 0 aliphatic rings. The number of nitrogens with two attached hydrogens (primary N) is 1. The number of nitrogen functional groups attached to an aromatic ring is 1. The van der Waals surface area contributed by atoms with E-state index < -0.39 is 0 Å². The summed E-state index contributed by atoms with van der Waals surface area (Å²) in [6.07, 6.45) is 2.17. The number of ether oxygens (including phenoxy) is 1. The Morgan fingerprint density at radius 1 is 1.53 bits per heavy atom. The van der Waals surface area contributed by atoms with Crippen LogP contribution in [0.1, 0.15) is 37.0 Å². The fraction of sp³-hybridized carbons (Fsp3) is 0.462. The normalized spacial score (nSPS) is 12.2. The molecule has 2 N–H and O–H groups in total. The Bertz CT molecular complexity index is 393. The molecule has 94 valence electrons. The zero-order valence-electron chi connectivity index (χ0n) is 10.2. The third-order valence-corrected chi connectivity index (χ3v) is 3.20. The minimum Gasteiger partial charge on any atom is -0.462 e. The van der Waals surface area contributed by atoms with E-state index >= 15 is 0 Å². The van der Waals surface area contributed by atoms with Gasteiger partial charge in [0.1, 0.15) is 0 Å². The van der Waals surface area contributed by atoms with Crippen molar-refractivity contribution in [1.82, 2.24) is 0 Å². The van der Waals surface area contributed by atoms with Crippen molar-refractivity contribution in [2.24, 2.45) is 5.92 Å². The number of benzene rings is 1. The number of halogens is 1. The van der Waals surface area contributed by atoms with Crippen molar-refractivity contribution in [2.75, 3.05) is 12.3 Å². The predicted molar refractivity (Wildman–Crippen MR) is 72.9 cm³/mol. The lowest BCUT2D eigenvalue weighted by molar-refractivity contribution is 0.0443. The van der Waals surface area contributed by atoms with Crippen LogP contribution in [0.2, 0.25) is 0 Å². The van der Waals surface area contributed by atoms with Gasteiger partial charge in [-0.2, -0.15) is 0 Å². The Labute approximate surface area is 110 Å². The lowest BCUT2D eigenvalue weighted by Gasteiger charge is -2.11. The highest BCUT2D eigenvalue weighted by molar-refractivity contribution is 9.10. The summed E-state index contributed by atoms with van der Waals surface area (Å²) in [7, 11) is 0. The molecule has 0 heterocycles. The SMILES string of the molecule is CCCC(C)COC(=O)c1ccc(N)c(Br)c1. The van der Waals surface area contributed by atoms with E-state index in [1.54, 1.807) is 18.2 Å². The third kappa shape index (κ3) is 4.38. The molecule has 0 radical (unpaired) electrons. The number of rotatable bonds is 5. The average molecular weight is 300 g/mol. The minimum absolute atomic E-state index is 0.298. The maximum absolute atomic E-state index is 11.7. The van der Waals surface area contributed by atoms with Crippen molar-refractivity contribution in [3.8, 4) is 0 Å². The van der Waals surface area contributed by atoms with Gasteiger partial charge in [0.15, 0.2) is 0 Å². The summed E-state index contributed by atoms with van der Waals surface area (Å²) < 4.78 is 5.95. The molecule has 0 saturated heterocycles. The summed E-state index contributed by atoms with van der Waals surface area (Å²) in [6, 6.07) is 5.05. The number of carbonyl (C=O) groups is 1. The molecule has 3 nitrogen and oxygen atoms in total. The van der Waals surface area contributed by atoms with Crippen molar-refractivity contribution in [1.29, 1.82) is 0 Å². The monoisotopic (exact) mass is 299 g/mol. The van der Waals surface area contributed by atoms with Gasteiger partial charge in [0, 0.05) is 10.2 Å². The molecule has 1 rings (SSSR count). The molecule has 1 unspecified atom stereocenters. The smallest absolute Gasteiger partial charge is 0.338 e. The van der Waals surface area contributed by atoms with Gasteiger partial charge in [-0.1, -0.05) is 20.3 Å². The van der Waals surface area contributed by atoms with Crippen LogP contribution < -0.4 is 5.73 Å². The van der Waals surface area contributed by atoms with Crippen molar-refractivity contribution >= 4 is 27.6 Å². The van der Waals surface area contributed by atoms with E-state index in [-0.39, 0.29) is 5.97 Å². The van der Waals surface area contributed by atoms with Gasteiger partial charge in [-0.15, -0.1) is 0 Å². The minimum atomic E-state index is -0.298. The van der Waals surface area contributed by atoms with Gasteiger partial charge < -0.3 is 10.5 Å². The van der Waals surface area contributed by atoms with Crippen LogP contribution in [0.3, 0.4) is 0 Å². The standard InChI is InChI=1S/C13H18BrNO2/c1-3-4-9(2)8-17-13(16)10-5-6-12(15)11(14)7-10/h5-7,9H,3-4,8,15H2,1-2H3. The van der Waals surface area contributed by atoms with Gasteiger partial charge >= 0.3 is 5.97 Å².